The van der Waals surface area contributed by atoms with Gasteiger partial charge in [0.2, 0.25) is 10.8 Å². The molecule has 0 aliphatic heterocycles. The van der Waals surface area contributed by atoms with Crippen LogP contribution in [-0.4, -0.2) is 21.8 Å². The van der Waals surface area contributed by atoms with Gasteiger partial charge in [-0.3, -0.25) is 9.59 Å². The molecule has 14 heavy (non-hydrogen) atoms. The highest BCUT2D eigenvalue weighted by Gasteiger charge is 2.50. The van der Waals surface area contributed by atoms with Crippen LogP contribution in [0.1, 0.15) is 0 Å². The van der Waals surface area contributed by atoms with Crippen LogP contribution >= 0.6 is 0 Å². The van der Waals surface area contributed by atoms with Gasteiger partial charge in [0.1, 0.15) is 0 Å². The molecule has 68 valence electrons. The molecule has 0 fully saturated rings. The van der Waals surface area contributed by atoms with Gasteiger partial charge in [-0.1, -0.05) is 0 Å². The number of ketones is 2. The Bertz CT molecular complexity index is 441. The van der Waals surface area contributed by atoms with Gasteiger partial charge >= 0.3 is 23.0 Å². The van der Waals surface area contributed by atoms with Gasteiger partial charge in [0.05, 0.1) is 0 Å². The smallest absolute Gasteiger partial charge is 0.481 e. The van der Waals surface area contributed by atoms with Crippen molar-refractivity contribution in [3.8, 4) is 0 Å². The molecule has 1 rings (SSSR count). The number of diazo groups is 2. The number of aliphatic hydroxyl groups is 2. The third kappa shape index (κ3) is 0.990. The molecule has 1 aliphatic rings. The Morgan fingerprint density at radius 3 is 1.36 bits per heavy atom. The van der Waals surface area contributed by atoms with Crippen LogP contribution in [0.15, 0.2) is 22.9 Å². The van der Waals surface area contributed by atoms with E-state index in [0.29, 0.717) is 0 Å². The summed E-state index contributed by atoms with van der Waals surface area (Å²) in [6, 6.07) is 0. The first-order valence-electron chi connectivity index (χ1n) is 3.20. The van der Waals surface area contributed by atoms with E-state index in [1.165, 1.54) is 0 Å². The number of rotatable bonds is 0. The molecule has 0 amide bonds. The molecule has 0 bridgehead atoms. The van der Waals surface area contributed by atoms with Gasteiger partial charge in [-0.25, -0.2) is 0 Å². The monoisotopic (exact) mass is 194 g/mol. The lowest BCUT2D eigenvalue weighted by molar-refractivity contribution is -0.119. The fourth-order valence-electron chi connectivity index (χ4n) is 0.840. The van der Waals surface area contributed by atoms with Gasteiger partial charge in [-0.15, -0.1) is 0 Å². The Labute approximate surface area is 76.0 Å². The average molecular weight is 194 g/mol. The number of carbonyl (C=O) groups excluding carboxylic acids is 2. The van der Waals surface area contributed by atoms with Crippen LogP contribution in [0.2, 0.25) is 0 Å². The van der Waals surface area contributed by atoms with Crippen molar-refractivity contribution >= 4 is 11.6 Å². The van der Waals surface area contributed by atoms with Crippen LogP contribution in [0.5, 0.6) is 0 Å². The summed E-state index contributed by atoms with van der Waals surface area (Å²) in [4.78, 5) is 26.6. The van der Waals surface area contributed by atoms with Crippen molar-refractivity contribution in [2.75, 3.05) is 0 Å². The molecule has 2 N–H and O–H groups in total. The van der Waals surface area contributed by atoms with Crippen molar-refractivity contribution in [1.82, 2.24) is 0 Å². The summed E-state index contributed by atoms with van der Waals surface area (Å²) >= 11 is 0. The molecule has 0 aromatic heterocycles. The second-order valence-corrected chi connectivity index (χ2v) is 2.25. The number of nitrogens with zero attached hydrogens (tertiary/aromatic N) is 4. The molecule has 8 nitrogen and oxygen atoms in total. The Morgan fingerprint density at radius 2 is 1.14 bits per heavy atom. The maximum atomic E-state index is 11.0. The Morgan fingerprint density at radius 1 is 0.857 bits per heavy atom. The third-order valence-corrected chi connectivity index (χ3v) is 1.51. The van der Waals surface area contributed by atoms with E-state index in [4.69, 9.17) is 21.0 Å². The first-order chi connectivity index (χ1) is 6.54. The second-order valence-electron chi connectivity index (χ2n) is 2.25. The normalized spacial score (nSPS) is 16.7. The highest BCUT2D eigenvalue weighted by Crippen LogP contribution is 2.23. The Balaban J connectivity index is 3.47. The summed E-state index contributed by atoms with van der Waals surface area (Å²) in [5.41, 5.74) is -2.00. The maximum absolute atomic E-state index is 11.0. The van der Waals surface area contributed by atoms with E-state index in [2.05, 4.69) is 9.95 Å². The summed E-state index contributed by atoms with van der Waals surface area (Å²) in [6.07, 6.45) is 0. The van der Waals surface area contributed by atoms with Gasteiger partial charge in [0, 0.05) is 0 Å². The van der Waals surface area contributed by atoms with Crippen LogP contribution < -0.4 is 0 Å². The van der Waals surface area contributed by atoms with Crippen LogP contribution in [0.4, 0.5) is 0 Å². The Hall–Kier alpha value is -2.74. The fourth-order valence-corrected chi connectivity index (χ4v) is 0.840. The van der Waals surface area contributed by atoms with E-state index in [0.717, 1.165) is 0 Å². The predicted octanol–water partition coefficient (Wildman–Crippen LogP) is 0.384. The molecule has 0 aromatic carbocycles. The zero-order valence-electron chi connectivity index (χ0n) is 6.50. The first kappa shape index (κ1) is 9.35. The molecular formula is C6H2N4O4+2. The van der Waals surface area contributed by atoms with Crippen LogP contribution in [-0.2, 0) is 9.59 Å². The van der Waals surface area contributed by atoms with Gasteiger partial charge in [0.25, 0.3) is 11.5 Å². The minimum atomic E-state index is -1.31. The molecule has 0 aromatic rings. The summed E-state index contributed by atoms with van der Waals surface area (Å²) < 4.78 is 0. The van der Waals surface area contributed by atoms with Crippen LogP contribution in [0.25, 0.3) is 9.95 Å². The molecule has 0 unspecified atom stereocenters. The zero-order chi connectivity index (χ0) is 10.9. The summed E-state index contributed by atoms with van der Waals surface area (Å²) in [5.74, 6) is -5.00. The molecule has 0 atom stereocenters. The summed E-state index contributed by atoms with van der Waals surface area (Å²) in [5, 5.41) is 34.4. The number of hydrogen-bond acceptors (Lipinski definition) is 6. The number of carbonyl (C=O) groups is 2. The minimum absolute atomic E-state index is 1.00. The quantitative estimate of drug-likeness (QED) is 0.423. The van der Waals surface area contributed by atoms with Crippen LogP contribution in [0.3, 0.4) is 0 Å². The highest BCUT2D eigenvalue weighted by molar-refractivity contribution is 6.24. The van der Waals surface area contributed by atoms with E-state index >= 15 is 0 Å². The molecule has 0 radical (unpaired) electrons. The lowest BCUT2D eigenvalue weighted by Crippen LogP contribution is -2.21. The van der Waals surface area contributed by atoms with Crippen molar-refractivity contribution in [2.45, 2.75) is 0 Å². The molecule has 0 heterocycles. The lowest BCUT2D eigenvalue weighted by atomic mass is 10.0. The van der Waals surface area contributed by atoms with E-state index in [1.807, 2.05) is 0 Å². The minimum Gasteiger partial charge on any atom is -0.498 e. The molecule has 1 aliphatic carbocycles. The van der Waals surface area contributed by atoms with Gasteiger partial charge in [-0.05, 0) is 0 Å². The topological polar surface area (TPSA) is 131 Å². The molecule has 0 saturated heterocycles. The van der Waals surface area contributed by atoms with Gasteiger partial charge < -0.3 is 10.2 Å². The van der Waals surface area contributed by atoms with E-state index in [-0.39, 0.29) is 0 Å². The van der Waals surface area contributed by atoms with Gasteiger partial charge in [0.15, 0.2) is 9.95 Å². The molecular weight excluding hydrogens is 192 g/mol. The first-order valence-corrected chi connectivity index (χ1v) is 3.20. The standard InChI is InChI=1S/C6N4O4/c7-9-1-3(11)5(13)2(10-8)6(14)4(1)12/p+2. The summed E-state index contributed by atoms with van der Waals surface area (Å²) in [7, 11) is 0. The van der Waals surface area contributed by atoms with Gasteiger partial charge in [-0.2, -0.15) is 0 Å². The SMILES string of the molecule is N#[N+]C1=C(O)C(=O)C([N+]#N)=C(O)C1=O. The van der Waals surface area contributed by atoms with Crippen molar-refractivity contribution in [3.63, 3.8) is 0 Å². The number of hydrogen-bond donors (Lipinski definition) is 2. The van der Waals surface area contributed by atoms with Crippen molar-refractivity contribution in [2.24, 2.45) is 0 Å². The van der Waals surface area contributed by atoms with Crippen molar-refractivity contribution in [3.05, 3.63) is 32.9 Å². The predicted molar refractivity (Wildman–Crippen MR) is 39.5 cm³/mol. The van der Waals surface area contributed by atoms with Crippen molar-refractivity contribution in [1.29, 1.82) is 10.8 Å². The highest BCUT2D eigenvalue weighted by atomic mass is 16.3. The average Bonchev–Trinajstić information content (AvgIpc) is 2.17. The Kier molecular flexibility index (Phi) is 1.97. The number of Topliss-reactive ketones (excluding diaryl/α,β-unsaturated/α-hetero) is 2. The van der Waals surface area contributed by atoms with E-state index in [9.17, 15) is 9.59 Å². The van der Waals surface area contributed by atoms with E-state index in [1.54, 1.807) is 0 Å². The van der Waals surface area contributed by atoms with Crippen LogP contribution in [0, 0.1) is 10.8 Å². The molecule has 0 spiro atoms. The second kappa shape index (κ2) is 2.95. The molecule has 8 heteroatoms. The van der Waals surface area contributed by atoms with Crippen molar-refractivity contribution < 1.29 is 19.8 Å². The third-order valence-electron chi connectivity index (χ3n) is 1.51. The van der Waals surface area contributed by atoms with E-state index < -0.39 is 34.5 Å². The zero-order valence-corrected chi connectivity index (χ0v) is 6.50. The molecule has 0 saturated carbocycles. The fraction of sp³-hybridized carbons (Fsp3) is 0. The maximum Gasteiger partial charge on any atom is 0.481 e. The largest absolute Gasteiger partial charge is 0.498 e. The lowest BCUT2D eigenvalue weighted by Gasteiger charge is -1.95. The summed E-state index contributed by atoms with van der Waals surface area (Å²) in [6.45, 7) is 0. The number of aliphatic hydroxyl groups excluding tert-OH is 2.